The van der Waals surface area contributed by atoms with Crippen molar-refractivity contribution in [1.29, 1.82) is 0 Å². The Morgan fingerprint density at radius 2 is 2.24 bits per heavy atom. The molecule has 0 spiro atoms. The van der Waals surface area contributed by atoms with E-state index in [1.807, 2.05) is 6.07 Å². The Hall–Kier alpha value is -1.02. The van der Waals surface area contributed by atoms with Gasteiger partial charge in [0.05, 0.1) is 5.69 Å². The predicted molar refractivity (Wildman–Crippen MR) is 70.0 cm³/mol. The second-order valence-corrected chi connectivity index (χ2v) is 5.92. The molecular formula is C14H15ClN2. The highest BCUT2D eigenvalue weighted by Gasteiger charge is 2.44. The van der Waals surface area contributed by atoms with E-state index in [4.69, 9.17) is 16.6 Å². The first-order valence-electron chi connectivity index (χ1n) is 6.36. The smallest absolute Gasteiger partial charge is 0.109 e. The summed E-state index contributed by atoms with van der Waals surface area (Å²) in [5.41, 5.74) is 3.75. The third kappa shape index (κ3) is 1.30. The number of hydrogen-bond donors (Lipinski definition) is 0. The highest BCUT2D eigenvalue weighted by atomic mass is 35.5. The van der Waals surface area contributed by atoms with E-state index in [0.717, 1.165) is 23.3 Å². The number of aliphatic imine (C=N–C) groups is 1. The molecule has 1 saturated heterocycles. The fourth-order valence-corrected chi connectivity index (χ4v) is 3.88. The summed E-state index contributed by atoms with van der Waals surface area (Å²) < 4.78 is 0. The topological polar surface area (TPSA) is 15.6 Å². The average Bonchev–Trinajstić information content (AvgIpc) is 2.87. The van der Waals surface area contributed by atoms with Crippen LogP contribution >= 0.6 is 11.6 Å². The Morgan fingerprint density at radius 1 is 1.35 bits per heavy atom. The Labute approximate surface area is 106 Å². The van der Waals surface area contributed by atoms with Crippen molar-refractivity contribution in [3.05, 3.63) is 28.3 Å². The Bertz CT molecular complexity index is 535. The van der Waals surface area contributed by atoms with Crippen LogP contribution in [0.4, 0.5) is 5.69 Å². The SMILES string of the molecule is Cc1cc(Cl)cc2c1CN1C(=N2)C2CCC1C2. The molecule has 4 rings (SSSR count). The first kappa shape index (κ1) is 9.95. The van der Waals surface area contributed by atoms with Crippen molar-refractivity contribution in [1.82, 2.24) is 4.90 Å². The van der Waals surface area contributed by atoms with Gasteiger partial charge >= 0.3 is 0 Å². The summed E-state index contributed by atoms with van der Waals surface area (Å²) in [6.07, 6.45) is 4.00. The van der Waals surface area contributed by atoms with Crippen LogP contribution in [0.3, 0.4) is 0 Å². The van der Waals surface area contributed by atoms with E-state index >= 15 is 0 Å². The number of aryl methyl sites for hydroxylation is 1. The maximum atomic E-state index is 6.12. The molecule has 1 aliphatic carbocycles. The summed E-state index contributed by atoms with van der Waals surface area (Å²) in [7, 11) is 0. The van der Waals surface area contributed by atoms with E-state index in [0.29, 0.717) is 5.92 Å². The number of fused-ring (bicyclic) bond motifs is 6. The highest BCUT2D eigenvalue weighted by molar-refractivity contribution is 6.31. The van der Waals surface area contributed by atoms with Gasteiger partial charge in [-0.1, -0.05) is 11.6 Å². The first-order valence-corrected chi connectivity index (χ1v) is 6.74. The van der Waals surface area contributed by atoms with Gasteiger partial charge in [0.2, 0.25) is 0 Å². The van der Waals surface area contributed by atoms with E-state index in [2.05, 4.69) is 17.9 Å². The molecule has 2 unspecified atom stereocenters. The van der Waals surface area contributed by atoms with Gasteiger partial charge in [0, 0.05) is 29.1 Å². The van der Waals surface area contributed by atoms with Crippen molar-refractivity contribution in [2.75, 3.05) is 0 Å². The van der Waals surface area contributed by atoms with Crippen molar-refractivity contribution >= 4 is 23.1 Å². The van der Waals surface area contributed by atoms with Gasteiger partial charge in [-0.2, -0.15) is 0 Å². The monoisotopic (exact) mass is 246 g/mol. The molecule has 1 aromatic carbocycles. The lowest BCUT2D eigenvalue weighted by Crippen LogP contribution is -2.38. The minimum Gasteiger partial charge on any atom is -0.352 e. The van der Waals surface area contributed by atoms with Crippen LogP contribution in [0.25, 0.3) is 0 Å². The zero-order chi connectivity index (χ0) is 11.6. The van der Waals surface area contributed by atoms with Gasteiger partial charge in [-0.15, -0.1) is 0 Å². The zero-order valence-corrected chi connectivity index (χ0v) is 10.7. The van der Waals surface area contributed by atoms with E-state index in [-0.39, 0.29) is 0 Å². The molecule has 3 heteroatoms. The van der Waals surface area contributed by atoms with Crippen molar-refractivity contribution in [2.24, 2.45) is 10.9 Å². The van der Waals surface area contributed by atoms with Gasteiger partial charge < -0.3 is 4.90 Å². The summed E-state index contributed by atoms with van der Waals surface area (Å²) in [4.78, 5) is 7.40. The normalized spacial score (nSPS) is 29.1. The molecule has 2 bridgehead atoms. The van der Waals surface area contributed by atoms with E-state index in [1.165, 1.54) is 36.2 Å². The van der Waals surface area contributed by atoms with Crippen LogP contribution in [-0.4, -0.2) is 16.8 Å². The highest BCUT2D eigenvalue weighted by Crippen LogP contribution is 2.45. The van der Waals surface area contributed by atoms with Gasteiger partial charge in [0.15, 0.2) is 0 Å². The standard InChI is InChI=1S/C14H15ClN2/c1-8-4-10(15)6-13-12(8)7-17-11-3-2-9(5-11)14(17)16-13/h4,6,9,11H,2-3,5,7H2,1H3. The van der Waals surface area contributed by atoms with Gasteiger partial charge in [-0.25, -0.2) is 4.99 Å². The van der Waals surface area contributed by atoms with Gasteiger partial charge in [-0.3, -0.25) is 0 Å². The lowest BCUT2D eigenvalue weighted by atomic mass is 10.0. The molecule has 1 aromatic rings. The molecule has 0 N–H and O–H groups in total. The molecule has 2 aliphatic heterocycles. The van der Waals surface area contributed by atoms with Crippen molar-refractivity contribution < 1.29 is 0 Å². The summed E-state index contributed by atoms with van der Waals surface area (Å²) in [5, 5.41) is 0.808. The first-order chi connectivity index (χ1) is 8.22. The molecule has 2 heterocycles. The molecular weight excluding hydrogens is 232 g/mol. The molecule has 2 fully saturated rings. The van der Waals surface area contributed by atoms with Crippen LogP contribution in [0, 0.1) is 12.8 Å². The fraction of sp³-hybridized carbons (Fsp3) is 0.500. The lowest BCUT2D eigenvalue weighted by Gasteiger charge is -2.34. The van der Waals surface area contributed by atoms with Crippen LogP contribution in [-0.2, 0) is 6.54 Å². The van der Waals surface area contributed by atoms with E-state index in [9.17, 15) is 0 Å². The van der Waals surface area contributed by atoms with Gasteiger partial charge in [-0.05, 0) is 43.9 Å². The molecule has 0 aromatic heterocycles. The van der Waals surface area contributed by atoms with Crippen molar-refractivity contribution in [3.63, 3.8) is 0 Å². The number of rotatable bonds is 0. The Balaban J connectivity index is 1.87. The third-order valence-electron chi connectivity index (χ3n) is 4.48. The molecule has 0 radical (unpaired) electrons. The Morgan fingerprint density at radius 3 is 3.12 bits per heavy atom. The molecule has 0 amide bonds. The minimum absolute atomic E-state index is 0.715. The van der Waals surface area contributed by atoms with Crippen LogP contribution in [0.1, 0.15) is 30.4 Å². The third-order valence-corrected chi connectivity index (χ3v) is 4.70. The summed E-state index contributed by atoms with van der Waals surface area (Å²) >= 11 is 6.12. The largest absolute Gasteiger partial charge is 0.352 e. The van der Waals surface area contributed by atoms with Crippen molar-refractivity contribution in [2.45, 2.75) is 38.8 Å². The molecule has 88 valence electrons. The zero-order valence-electron chi connectivity index (χ0n) is 9.91. The summed E-state index contributed by atoms with van der Waals surface area (Å²) in [5.74, 6) is 2.04. The van der Waals surface area contributed by atoms with Crippen LogP contribution < -0.4 is 0 Å². The number of hydrogen-bond acceptors (Lipinski definition) is 2. The average molecular weight is 247 g/mol. The molecule has 2 atom stereocenters. The minimum atomic E-state index is 0.715. The fourth-order valence-electron chi connectivity index (χ4n) is 3.62. The number of piperidine rings is 1. The number of halogens is 1. The summed E-state index contributed by atoms with van der Waals surface area (Å²) in [6, 6.07) is 4.82. The quantitative estimate of drug-likeness (QED) is 0.682. The second-order valence-electron chi connectivity index (χ2n) is 5.48. The predicted octanol–water partition coefficient (Wildman–Crippen LogP) is 3.68. The maximum absolute atomic E-state index is 6.12. The van der Waals surface area contributed by atoms with Gasteiger partial charge in [0.1, 0.15) is 5.84 Å². The number of nitrogens with zero attached hydrogens (tertiary/aromatic N) is 2. The van der Waals surface area contributed by atoms with Crippen LogP contribution in [0.2, 0.25) is 5.02 Å². The maximum Gasteiger partial charge on any atom is 0.109 e. The molecule has 1 saturated carbocycles. The number of benzene rings is 1. The van der Waals surface area contributed by atoms with Crippen LogP contribution in [0.15, 0.2) is 17.1 Å². The Kier molecular flexibility index (Phi) is 1.91. The van der Waals surface area contributed by atoms with E-state index < -0.39 is 0 Å². The lowest BCUT2D eigenvalue weighted by molar-refractivity contribution is 0.316. The second kappa shape index (κ2) is 3.26. The number of amidine groups is 1. The molecule has 2 nitrogen and oxygen atoms in total. The summed E-state index contributed by atoms with van der Waals surface area (Å²) in [6.45, 7) is 3.18. The van der Waals surface area contributed by atoms with Crippen molar-refractivity contribution in [3.8, 4) is 0 Å². The molecule has 3 aliphatic rings. The van der Waals surface area contributed by atoms with E-state index in [1.54, 1.807) is 0 Å². The van der Waals surface area contributed by atoms with Crippen LogP contribution in [0.5, 0.6) is 0 Å². The van der Waals surface area contributed by atoms with Gasteiger partial charge in [0.25, 0.3) is 0 Å². The molecule has 17 heavy (non-hydrogen) atoms.